The Morgan fingerprint density at radius 3 is 2.74 bits per heavy atom. The molecule has 0 amide bonds. The SMILES string of the molecule is Cc1ccnc(Nc2cccc(-c3cnc(C4(O)CCC(C(=O)O)C(C)(C)C4)s3)n2)c1. The Balaban J connectivity index is 1.56. The molecule has 3 N–H and O–H groups in total. The molecule has 1 fully saturated rings. The summed E-state index contributed by atoms with van der Waals surface area (Å²) in [6.45, 7) is 5.81. The summed E-state index contributed by atoms with van der Waals surface area (Å²) in [4.78, 5) is 25.9. The van der Waals surface area contributed by atoms with Crippen LogP contribution in [0.1, 0.15) is 43.7 Å². The minimum Gasteiger partial charge on any atom is -0.481 e. The summed E-state index contributed by atoms with van der Waals surface area (Å²) in [5, 5.41) is 24.7. The number of carboxylic acids is 1. The maximum absolute atomic E-state index is 11.6. The molecule has 4 rings (SSSR count). The zero-order valence-electron chi connectivity index (χ0n) is 17.8. The molecular weight excluding hydrogens is 412 g/mol. The molecule has 2 unspecified atom stereocenters. The molecule has 1 saturated carbocycles. The second-order valence-electron chi connectivity index (χ2n) is 8.91. The molecule has 0 aliphatic heterocycles. The highest BCUT2D eigenvalue weighted by Gasteiger charge is 2.49. The lowest BCUT2D eigenvalue weighted by Crippen LogP contribution is -2.44. The van der Waals surface area contributed by atoms with Gasteiger partial charge in [0.15, 0.2) is 0 Å². The molecule has 3 aromatic heterocycles. The Morgan fingerprint density at radius 2 is 2.03 bits per heavy atom. The van der Waals surface area contributed by atoms with E-state index in [1.807, 2.05) is 51.1 Å². The third-order valence-electron chi connectivity index (χ3n) is 5.91. The van der Waals surface area contributed by atoms with Crippen molar-refractivity contribution in [2.45, 2.75) is 45.6 Å². The van der Waals surface area contributed by atoms with E-state index in [0.717, 1.165) is 22.0 Å². The van der Waals surface area contributed by atoms with Gasteiger partial charge >= 0.3 is 5.97 Å². The number of aliphatic hydroxyl groups is 1. The zero-order chi connectivity index (χ0) is 22.2. The van der Waals surface area contributed by atoms with E-state index in [9.17, 15) is 15.0 Å². The number of thiazole rings is 1. The first-order valence-corrected chi connectivity index (χ1v) is 11.1. The first-order valence-electron chi connectivity index (χ1n) is 10.2. The second kappa shape index (κ2) is 8.01. The van der Waals surface area contributed by atoms with Gasteiger partial charge in [0.05, 0.1) is 16.5 Å². The van der Waals surface area contributed by atoms with Gasteiger partial charge in [0.25, 0.3) is 0 Å². The number of carboxylic acid groups (broad SMARTS) is 1. The van der Waals surface area contributed by atoms with Crippen molar-refractivity contribution in [2.24, 2.45) is 11.3 Å². The van der Waals surface area contributed by atoms with Crippen molar-refractivity contribution in [1.29, 1.82) is 0 Å². The average Bonchev–Trinajstić information content (AvgIpc) is 3.18. The fourth-order valence-corrected chi connectivity index (χ4v) is 5.37. The van der Waals surface area contributed by atoms with Crippen molar-refractivity contribution in [3.63, 3.8) is 0 Å². The molecule has 0 aromatic carbocycles. The van der Waals surface area contributed by atoms with Crippen molar-refractivity contribution in [2.75, 3.05) is 5.32 Å². The number of nitrogens with zero attached hydrogens (tertiary/aromatic N) is 3. The van der Waals surface area contributed by atoms with Crippen LogP contribution >= 0.6 is 11.3 Å². The van der Waals surface area contributed by atoms with Crippen LogP contribution in [-0.4, -0.2) is 31.1 Å². The summed E-state index contributed by atoms with van der Waals surface area (Å²) in [7, 11) is 0. The Bertz CT molecular complexity index is 1110. The van der Waals surface area contributed by atoms with E-state index in [4.69, 9.17) is 0 Å². The molecular formula is C23H26N4O3S. The van der Waals surface area contributed by atoms with Gasteiger partial charge in [0.2, 0.25) is 0 Å². The van der Waals surface area contributed by atoms with Crippen LogP contribution in [-0.2, 0) is 10.4 Å². The molecule has 162 valence electrons. The highest BCUT2D eigenvalue weighted by atomic mass is 32.1. The first-order chi connectivity index (χ1) is 14.7. The number of rotatable bonds is 5. The van der Waals surface area contributed by atoms with Crippen LogP contribution in [0.2, 0.25) is 0 Å². The Morgan fingerprint density at radius 1 is 1.23 bits per heavy atom. The molecule has 1 aliphatic rings. The van der Waals surface area contributed by atoms with Gasteiger partial charge < -0.3 is 15.5 Å². The van der Waals surface area contributed by atoms with Gasteiger partial charge in [-0.2, -0.15) is 0 Å². The van der Waals surface area contributed by atoms with Crippen LogP contribution < -0.4 is 5.32 Å². The average molecular weight is 439 g/mol. The molecule has 0 radical (unpaired) electrons. The number of carbonyl (C=O) groups is 1. The van der Waals surface area contributed by atoms with Gasteiger partial charge in [-0.25, -0.2) is 15.0 Å². The van der Waals surface area contributed by atoms with Crippen LogP contribution in [0.5, 0.6) is 0 Å². The largest absolute Gasteiger partial charge is 0.481 e. The predicted molar refractivity (Wildman–Crippen MR) is 120 cm³/mol. The summed E-state index contributed by atoms with van der Waals surface area (Å²) in [5.74, 6) is 0.129. The first kappa shape index (κ1) is 21.4. The number of aryl methyl sites for hydroxylation is 1. The lowest BCUT2D eigenvalue weighted by Gasteiger charge is -2.44. The third-order valence-corrected chi connectivity index (χ3v) is 7.13. The van der Waals surface area contributed by atoms with Crippen molar-refractivity contribution >= 4 is 28.9 Å². The second-order valence-corrected chi connectivity index (χ2v) is 9.94. The summed E-state index contributed by atoms with van der Waals surface area (Å²) in [6, 6.07) is 9.57. The Kier molecular flexibility index (Phi) is 5.53. The van der Waals surface area contributed by atoms with Crippen molar-refractivity contribution in [3.8, 4) is 10.6 Å². The molecule has 1 aliphatic carbocycles. The maximum Gasteiger partial charge on any atom is 0.307 e. The zero-order valence-corrected chi connectivity index (χ0v) is 18.6. The van der Waals surface area contributed by atoms with Gasteiger partial charge in [-0.15, -0.1) is 11.3 Å². The van der Waals surface area contributed by atoms with Gasteiger partial charge in [0.1, 0.15) is 22.2 Å². The molecule has 0 spiro atoms. The molecule has 0 saturated heterocycles. The van der Waals surface area contributed by atoms with Gasteiger partial charge in [0, 0.05) is 12.4 Å². The van der Waals surface area contributed by atoms with E-state index in [1.54, 1.807) is 12.4 Å². The molecule has 0 bridgehead atoms. The number of anilines is 2. The smallest absolute Gasteiger partial charge is 0.307 e. The van der Waals surface area contributed by atoms with Gasteiger partial charge in [-0.1, -0.05) is 19.9 Å². The molecule has 2 atom stereocenters. The summed E-state index contributed by atoms with van der Waals surface area (Å²) >= 11 is 1.40. The molecule has 8 heteroatoms. The number of pyridine rings is 2. The topological polar surface area (TPSA) is 108 Å². The van der Waals surface area contributed by atoms with Crippen LogP contribution in [0.15, 0.2) is 42.7 Å². The minimum atomic E-state index is -1.13. The van der Waals surface area contributed by atoms with E-state index < -0.39 is 22.9 Å². The normalized spacial score (nSPS) is 22.8. The van der Waals surface area contributed by atoms with Crippen LogP contribution in [0.25, 0.3) is 10.6 Å². The Hall–Kier alpha value is -2.84. The van der Waals surface area contributed by atoms with Gasteiger partial charge in [-0.05, 0) is 61.4 Å². The van der Waals surface area contributed by atoms with E-state index in [0.29, 0.717) is 30.1 Å². The number of aliphatic carboxylic acids is 1. The maximum atomic E-state index is 11.6. The quantitative estimate of drug-likeness (QED) is 0.527. The van der Waals surface area contributed by atoms with E-state index in [2.05, 4.69) is 20.3 Å². The predicted octanol–water partition coefficient (Wildman–Crippen LogP) is 4.75. The van der Waals surface area contributed by atoms with Crippen LogP contribution in [0.4, 0.5) is 11.6 Å². The fourth-order valence-electron chi connectivity index (χ4n) is 4.36. The third kappa shape index (κ3) is 4.45. The van der Waals surface area contributed by atoms with E-state index >= 15 is 0 Å². The number of hydrogen-bond acceptors (Lipinski definition) is 7. The summed E-state index contributed by atoms with van der Waals surface area (Å²) in [5.41, 5.74) is 0.214. The van der Waals surface area contributed by atoms with E-state index in [1.165, 1.54) is 11.3 Å². The summed E-state index contributed by atoms with van der Waals surface area (Å²) < 4.78 is 0. The minimum absolute atomic E-state index is 0.359. The van der Waals surface area contributed by atoms with Crippen molar-refractivity contribution in [3.05, 3.63) is 53.3 Å². The lowest BCUT2D eigenvalue weighted by molar-refractivity contribution is -0.154. The molecule has 3 heterocycles. The number of nitrogens with one attached hydrogen (secondary N) is 1. The highest BCUT2D eigenvalue weighted by Crippen LogP contribution is 2.50. The van der Waals surface area contributed by atoms with E-state index in [-0.39, 0.29) is 0 Å². The number of aromatic nitrogens is 3. The fraction of sp³-hybridized carbons (Fsp3) is 0.391. The Labute approximate surface area is 185 Å². The molecule has 7 nitrogen and oxygen atoms in total. The summed E-state index contributed by atoms with van der Waals surface area (Å²) in [6.07, 6.45) is 4.64. The number of hydrogen-bond donors (Lipinski definition) is 3. The van der Waals surface area contributed by atoms with Crippen LogP contribution in [0.3, 0.4) is 0 Å². The van der Waals surface area contributed by atoms with Crippen molar-refractivity contribution < 1.29 is 15.0 Å². The highest BCUT2D eigenvalue weighted by molar-refractivity contribution is 7.15. The van der Waals surface area contributed by atoms with Crippen LogP contribution in [0, 0.1) is 18.3 Å². The molecule has 3 aromatic rings. The standard InChI is InChI=1S/C23H26N4O3S/c1-14-8-10-24-19(11-14)27-18-6-4-5-16(26-18)17-12-25-21(31-17)23(30)9-7-15(20(28)29)22(2,3)13-23/h4-6,8,10-12,15,30H,7,9,13H2,1-3H3,(H,28,29)(H,24,26,27). The lowest BCUT2D eigenvalue weighted by atomic mass is 9.63. The van der Waals surface area contributed by atoms with Crippen molar-refractivity contribution in [1.82, 2.24) is 15.0 Å². The monoisotopic (exact) mass is 438 g/mol. The molecule has 31 heavy (non-hydrogen) atoms. The van der Waals surface area contributed by atoms with Gasteiger partial charge in [-0.3, -0.25) is 4.79 Å².